The van der Waals surface area contributed by atoms with E-state index in [0.29, 0.717) is 0 Å². The number of anilines is 3. The fraction of sp³-hybridized carbons (Fsp3) is 0. The van der Waals surface area contributed by atoms with E-state index < -0.39 is 0 Å². The lowest BCUT2D eigenvalue weighted by molar-refractivity contribution is 1.18. The van der Waals surface area contributed by atoms with Gasteiger partial charge in [-0.3, -0.25) is 0 Å². The van der Waals surface area contributed by atoms with Crippen LogP contribution in [0.1, 0.15) is 0 Å². The van der Waals surface area contributed by atoms with Crippen LogP contribution in [0.4, 0.5) is 17.1 Å². The van der Waals surface area contributed by atoms with Crippen LogP contribution in [0.3, 0.4) is 0 Å². The summed E-state index contributed by atoms with van der Waals surface area (Å²) >= 11 is 0. The molecule has 328 valence electrons. The minimum absolute atomic E-state index is 1.08. The van der Waals surface area contributed by atoms with Crippen LogP contribution in [-0.4, -0.2) is 4.57 Å². The summed E-state index contributed by atoms with van der Waals surface area (Å²) < 4.78 is 2.39. The van der Waals surface area contributed by atoms with Crippen LogP contribution in [0.5, 0.6) is 0 Å². The molecule has 0 radical (unpaired) electrons. The van der Waals surface area contributed by atoms with Gasteiger partial charge in [-0.25, -0.2) is 0 Å². The minimum Gasteiger partial charge on any atom is -0.310 e. The fourth-order valence-corrected chi connectivity index (χ4v) is 10.7. The van der Waals surface area contributed by atoms with E-state index in [1.807, 2.05) is 0 Å². The molecule has 0 fully saturated rings. The maximum atomic E-state index is 2.42. The minimum atomic E-state index is 1.08. The van der Waals surface area contributed by atoms with Gasteiger partial charge in [-0.05, 0) is 144 Å². The van der Waals surface area contributed by atoms with Crippen molar-refractivity contribution < 1.29 is 0 Å². The zero-order valence-corrected chi connectivity index (χ0v) is 38.5. The molecule has 0 spiro atoms. The molecule has 0 amide bonds. The summed E-state index contributed by atoms with van der Waals surface area (Å²) in [6.07, 6.45) is 0. The first-order chi connectivity index (χ1) is 34.7. The third-order valence-electron chi connectivity index (χ3n) is 14.0. The number of aromatic nitrogens is 1. The van der Waals surface area contributed by atoms with E-state index >= 15 is 0 Å². The summed E-state index contributed by atoms with van der Waals surface area (Å²) in [6.45, 7) is 0. The van der Waals surface area contributed by atoms with Gasteiger partial charge in [0.1, 0.15) is 0 Å². The van der Waals surface area contributed by atoms with Gasteiger partial charge in [0.25, 0.3) is 0 Å². The third-order valence-corrected chi connectivity index (χ3v) is 14.0. The van der Waals surface area contributed by atoms with E-state index in [2.05, 4.69) is 289 Å². The predicted octanol–water partition coefficient (Wildman–Crippen LogP) is 18.9. The molecule has 1 aromatic heterocycles. The van der Waals surface area contributed by atoms with Crippen LogP contribution < -0.4 is 4.90 Å². The van der Waals surface area contributed by atoms with Crippen molar-refractivity contribution in [2.45, 2.75) is 0 Å². The van der Waals surface area contributed by atoms with Gasteiger partial charge < -0.3 is 9.47 Å². The molecule has 1 heterocycles. The topological polar surface area (TPSA) is 8.17 Å². The first-order valence-electron chi connectivity index (χ1n) is 24.1. The number of fused-ring (bicyclic) bond motifs is 6. The van der Waals surface area contributed by atoms with Gasteiger partial charge in [0.05, 0.1) is 16.7 Å². The first kappa shape index (κ1) is 41.0. The lowest BCUT2D eigenvalue weighted by Crippen LogP contribution is -2.11. The lowest BCUT2D eigenvalue weighted by atomic mass is 9.93. The van der Waals surface area contributed by atoms with Crippen LogP contribution >= 0.6 is 0 Å². The largest absolute Gasteiger partial charge is 0.310 e. The third kappa shape index (κ3) is 7.22. The molecule has 13 rings (SSSR count). The molecule has 70 heavy (non-hydrogen) atoms. The van der Waals surface area contributed by atoms with E-state index in [1.54, 1.807) is 0 Å². The van der Waals surface area contributed by atoms with E-state index in [9.17, 15) is 0 Å². The molecule has 13 aromatic rings. The van der Waals surface area contributed by atoms with Crippen molar-refractivity contribution in [1.82, 2.24) is 4.57 Å². The quantitative estimate of drug-likeness (QED) is 0.131. The zero-order chi connectivity index (χ0) is 46.4. The summed E-state index contributed by atoms with van der Waals surface area (Å²) in [6, 6.07) is 102. The predicted molar refractivity (Wildman–Crippen MR) is 298 cm³/mol. The lowest BCUT2D eigenvalue weighted by Gasteiger charge is -2.28. The Morgan fingerprint density at radius 3 is 1.49 bits per heavy atom. The molecule has 0 saturated heterocycles. The van der Waals surface area contributed by atoms with E-state index in [0.717, 1.165) is 33.9 Å². The van der Waals surface area contributed by atoms with Gasteiger partial charge in [-0.15, -0.1) is 0 Å². The highest BCUT2D eigenvalue weighted by Gasteiger charge is 2.20. The Morgan fingerprint density at radius 1 is 0.257 bits per heavy atom. The van der Waals surface area contributed by atoms with Crippen LogP contribution in [0, 0.1) is 0 Å². The SMILES string of the molecule is c1ccc(-c2cccc(-c3ccc(N(c4ccc(-c5cc6ccccc6c6ccccc56)cc4)c4ccccc4-c4cccc(-c5cccc6c5c5ccccc5n6-c5ccccc5)c4)cc3)c2)cc1. The smallest absolute Gasteiger partial charge is 0.0547 e. The van der Waals surface area contributed by atoms with Crippen molar-refractivity contribution in [2.24, 2.45) is 0 Å². The van der Waals surface area contributed by atoms with Gasteiger partial charge in [0.15, 0.2) is 0 Å². The molecule has 0 bridgehead atoms. The Labute approximate surface area is 408 Å². The molecular weight excluding hydrogens is 845 g/mol. The number of nitrogens with zero attached hydrogens (tertiary/aromatic N) is 2. The van der Waals surface area contributed by atoms with Gasteiger partial charge in [-0.2, -0.15) is 0 Å². The van der Waals surface area contributed by atoms with E-state index in [-0.39, 0.29) is 0 Å². The van der Waals surface area contributed by atoms with Crippen molar-refractivity contribution in [3.8, 4) is 61.3 Å². The van der Waals surface area contributed by atoms with Crippen molar-refractivity contribution in [3.63, 3.8) is 0 Å². The second-order valence-electron chi connectivity index (χ2n) is 18.1. The molecule has 0 aliphatic carbocycles. The Kier molecular flexibility index (Phi) is 10.2. The van der Waals surface area contributed by atoms with Crippen LogP contribution in [0.15, 0.2) is 279 Å². The molecule has 0 aliphatic rings. The summed E-state index contributed by atoms with van der Waals surface area (Å²) in [5.74, 6) is 0. The molecule has 0 atom stereocenters. The van der Waals surface area contributed by atoms with Gasteiger partial charge in [0.2, 0.25) is 0 Å². The number of benzene rings is 12. The highest BCUT2D eigenvalue weighted by atomic mass is 15.1. The summed E-state index contributed by atoms with van der Waals surface area (Å²) in [7, 11) is 0. The number of hydrogen-bond acceptors (Lipinski definition) is 1. The molecule has 2 heteroatoms. The second-order valence-corrected chi connectivity index (χ2v) is 18.1. The first-order valence-corrected chi connectivity index (χ1v) is 24.1. The molecule has 0 unspecified atom stereocenters. The Morgan fingerprint density at radius 2 is 0.743 bits per heavy atom. The normalized spacial score (nSPS) is 11.4. The number of para-hydroxylation sites is 3. The highest BCUT2D eigenvalue weighted by molar-refractivity contribution is 6.16. The van der Waals surface area contributed by atoms with Crippen LogP contribution in [0.25, 0.3) is 105 Å². The molecule has 0 N–H and O–H groups in total. The van der Waals surface area contributed by atoms with E-state index in [4.69, 9.17) is 0 Å². The van der Waals surface area contributed by atoms with Crippen molar-refractivity contribution in [2.75, 3.05) is 4.90 Å². The molecule has 12 aromatic carbocycles. The average Bonchev–Trinajstić information content (AvgIpc) is 3.79. The highest BCUT2D eigenvalue weighted by Crippen LogP contribution is 2.45. The summed E-state index contributed by atoms with van der Waals surface area (Å²) in [5, 5.41) is 7.53. The van der Waals surface area contributed by atoms with Gasteiger partial charge in [-0.1, -0.05) is 206 Å². The van der Waals surface area contributed by atoms with Gasteiger partial charge >= 0.3 is 0 Å². The monoisotopic (exact) mass is 890 g/mol. The number of hydrogen-bond donors (Lipinski definition) is 0. The second kappa shape index (κ2) is 17.4. The molecule has 0 aliphatic heterocycles. The van der Waals surface area contributed by atoms with Crippen molar-refractivity contribution >= 4 is 60.4 Å². The number of rotatable bonds is 9. The standard InChI is InChI=1S/C68H46N2/c1-3-18-47(19-4-1)50-21-15-22-51(44-50)48-36-40-56(41-37-48)69(57-42-38-49(39-43-57)64-46-54-20-7-8-27-58(54)61-29-9-10-30-62(61)64)65-33-13-11-28-59(65)52-23-16-24-53(45-52)60-32-17-35-67-68(60)63-31-12-14-34-66(63)70(67)55-25-5-2-6-26-55/h1-46H. The van der Waals surface area contributed by atoms with Crippen LogP contribution in [-0.2, 0) is 0 Å². The van der Waals surface area contributed by atoms with E-state index in [1.165, 1.54) is 87.9 Å². The average molecular weight is 891 g/mol. The summed E-state index contributed by atoms with van der Waals surface area (Å²) in [4.78, 5) is 2.42. The zero-order valence-electron chi connectivity index (χ0n) is 38.5. The Balaban J connectivity index is 0.944. The van der Waals surface area contributed by atoms with Crippen molar-refractivity contribution in [1.29, 1.82) is 0 Å². The molecule has 2 nitrogen and oxygen atoms in total. The Hall–Kier alpha value is -9.24. The Bertz CT molecular complexity index is 4040. The maximum Gasteiger partial charge on any atom is 0.0547 e. The molecular formula is C68H46N2. The van der Waals surface area contributed by atoms with Crippen LogP contribution in [0.2, 0.25) is 0 Å². The van der Waals surface area contributed by atoms with Gasteiger partial charge in [0, 0.05) is 33.4 Å². The van der Waals surface area contributed by atoms with Crippen molar-refractivity contribution in [3.05, 3.63) is 279 Å². The summed E-state index contributed by atoms with van der Waals surface area (Å²) in [5.41, 5.74) is 18.7. The maximum absolute atomic E-state index is 2.42. The molecule has 0 saturated carbocycles. The fourth-order valence-electron chi connectivity index (χ4n) is 10.7.